The molecule has 1 heterocycles. The minimum absolute atomic E-state index is 0.00218. The number of methoxy groups -OCH3 is 1. The molecule has 0 bridgehead atoms. The van der Waals surface area contributed by atoms with Gasteiger partial charge in [-0.1, -0.05) is 6.07 Å². The molecule has 0 radical (unpaired) electrons. The minimum atomic E-state index is -0.00218. The van der Waals surface area contributed by atoms with E-state index in [0.29, 0.717) is 0 Å². The number of nitriles is 1. The molecule has 0 amide bonds. The van der Waals surface area contributed by atoms with Crippen LogP contribution in [0.3, 0.4) is 0 Å². The van der Waals surface area contributed by atoms with Crippen molar-refractivity contribution in [2.75, 3.05) is 7.11 Å². The second-order valence-electron chi connectivity index (χ2n) is 2.57. The zero-order valence-corrected chi connectivity index (χ0v) is 8.21. The van der Waals surface area contributed by atoms with Crippen molar-refractivity contribution in [3.63, 3.8) is 0 Å². The number of aliphatic imine (C=N–C) groups is 1. The van der Waals surface area contributed by atoms with Gasteiger partial charge in [0.2, 0.25) is 5.88 Å². The summed E-state index contributed by atoms with van der Waals surface area (Å²) in [5, 5.41) is 8.71. The Bertz CT molecular complexity index is 417. The van der Waals surface area contributed by atoms with E-state index in [0.717, 1.165) is 5.56 Å². The van der Waals surface area contributed by atoms with Gasteiger partial charge in [-0.3, -0.25) is 4.98 Å². The third-order valence-electron chi connectivity index (χ3n) is 1.59. The number of nitrogens with zero attached hydrogens (tertiary/aromatic N) is 3. The van der Waals surface area contributed by atoms with Gasteiger partial charge < -0.3 is 10.5 Å². The van der Waals surface area contributed by atoms with Crippen LogP contribution in [-0.4, -0.2) is 18.3 Å². The van der Waals surface area contributed by atoms with Gasteiger partial charge in [-0.05, 0) is 6.07 Å². The first-order chi connectivity index (χ1) is 7.27. The fourth-order valence-corrected chi connectivity index (χ4v) is 0.836. The largest absolute Gasteiger partial charge is 0.481 e. The van der Waals surface area contributed by atoms with Gasteiger partial charge in [0.1, 0.15) is 6.07 Å². The molecule has 0 fully saturated rings. The van der Waals surface area contributed by atoms with Crippen LogP contribution < -0.4 is 5.73 Å². The number of rotatable bonds is 3. The van der Waals surface area contributed by atoms with Crippen molar-refractivity contribution in [1.29, 1.82) is 5.26 Å². The highest BCUT2D eigenvalue weighted by atomic mass is 16.5. The first-order valence-electron chi connectivity index (χ1n) is 4.16. The molecule has 2 N–H and O–H groups in total. The normalized spacial score (nSPS) is 12.0. The van der Waals surface area contributed by atoms with E-state index in [1.54, 1.807) is 18.5 Å². The molecular weight excluding hydrogens is 192 g/mol. The molecule has 0 spiro atoms. The Hall–Kier alpha value is -2.35. The molecule has 0 aliphatic heterocycles. The first-order valence-corrected chi connectivity index (χ1v) is 4.16. The Labute approximate surface area is 87.5 Å². The highest BCUT2D eigenvalue weighted by molar-refractivity contribution is 5.80. The number of allylic oxidation sites excluding steroid dienone is 1. The van der Waals surface area contributed by atoms with E-state index < -0.39 is 0 Å². The average molecular weight is 202 g/mol. The van der Waals surface area contributed by atoms with Crippen molar-refractivity contribution in [2.45, 2.75) is 0 Å². The zero-order chi connectivity index (χ0) is 11.1. The maximum atomic E-state index is 8.71. The highest BCUT2D eigenvalue weighted by Crippen LogP contribution is 2.01. The van der Waals surface area contributed by atoms with Gasteiger partial charge in [0, 0.05) is 24.2 Å². The molecule has 1 aromatic rings. The van der Waals surface area contributed by atoms with E-state index in [4.69, 9.17) is 15.7 Å². The number of aromatic nitrogens is 1. The predicted molar refractivity (Wildman–Crippen MR) is 55.7 cm³/mol. The lowest BCUT2D eigenvalue weighted by molar-refractivity contribution is 0.284. The second-order valence-corrected chi connectivity index (χ2v) is 2.57. The summed E-state index contributed by atoms with van der Waals surface area (Å²) in [6.07, 6.45) is 4.78. The van der Waals surface area contributed by atoms with Crippen LogP contribution >= 0.6 is 0 Å². The van der Waals surface area contributed by atoms with Crippen molar-refractivity contribution in [3.8, 4) is 6.07 Å². The maximum Gasteiger partial charge on any atom is 0.221 e. The Morgan fingerprint density at radius 3 is 3.07 bits per heavy atom. The smallest absolute Gasteiger partial charge is 0.221 e. The lowest BCUT2D eigenvalue weighted by Crippen LogP contribution is -2.02. The van der Waals surface area contributed by atoms with E-state index in [-0.39, 0.29) is 11.6 Å². The fourth-order valence-electron chi connectivity index (χ4n) is 0.836. The van der Waals surface area contributed by atoms with Gasteiger partial charge in [-0.2, -0.15) is 5.26 Å². The van der Waals surface area contributed by atoms with Crippen molar-refractivity contribution in [2.24, 2.45) is 10.7 Å². The molecule has 76 valence electrons. The van der Waals surface area contributed by atoms with Crippen LogP contribution in [0.5, 0.6) is 0 Å². The number of nitrogens with two attached hydrogens (primary N) is 1. The number of pyridine rings is 1. The zero-order valence-electron chi connectivity index (χ0n) is 8.21. The molecule has 0 saturated carbocycles. The summed E-state index contributed by atoms with van der Waals surface area (Å²) < 4.78 is 4.70. The van der Waals surface area contributed by atoms with Crippen LogP contribution in [0, 0.1) is 11.3 Å². The molecule has 0 saturated heterocycles. The SMILES string of the molecule is CO/C(N)=C(/C#N)N=Cc1cccnc1. The molecule has 0 atom stereocenters. The summed E-state index contributed by atoms with van der Waals surface area (Å²) in [5.74, 6) is -0.00218. The van der Waals surface area contributed by atoms with Crippen LogP contribution in [-0.2, 0) is 4.74 Å². The monoisotopic (exact) mass is 202 g/mol. The molecule has 5 nitrogen and oxygen atoms in total. The highest BCUT2D eigenvalue weighted by Gasteiger charge is 1.99. The van der Waals surface area contributed by atoms with Gasteiger partial charge in [0.15, 0.2) is 5.70 Å². The van der Waals surface area contributed by atoms with Crippen LogP contribution in [0.4, 0.5) is 0 Å². The molecule has 1 rings (SSSR count). The molecule has 0 aromatic carbocycles. The minimum Gasteiger partial charge on any atom is -0.481 e. The van der Waals surface area contributed by atoms with E-state index in [1.165, 1.54) is 13.3 Å². The fraction of sp³-hybridized carbons (Fsp3) is 0.100. The van der Waals surface area contributed by atoms with Crippen molar-refractivity contribution < 1.29 is 4.74 Å². The summed E-state index contributed by atoms with van der Waals surface area (Å²) in [6, 6.07) is 5.42. The number of hydrogen-bond acceptors (Lipinski definition) is 5. The molecule has 0 aliphatic carbocycles. The number of hydrogen-bond donors (Lipinski definition) is 1. The van der Waals surface area contributed by atoms with Crippen molar-refractivity contribution in [3.05, 3.63) is 41.7 Å². The van der Waals surface area contributed by atoms with Gasteiger partial charge in [-0.15, -0.1) is 0 Å². The molecular formula is C10H10N4O. The summed E-state index contributed by atoms with van der Waals surface area (Å²) in [5.41, 5.74) is 6.23. The molecule has 15 heavy (non-hydrogen) atoms. The Morgan fingerprint density at radius 2 is 2.53 bits per heavy atom. The van der Waals surface area contributed by atoms with E-state index >= 15 is 0 Å². The summed E-state index contributed by atoms with van der Waals surface area (Å²) in [7, 11) is 1.38. The second kappa shape index (κ2) is 5.40. The average Bonchev–Trinajstić information content (AvgIpc) is 2.31. The van der Waals surface area contributed by atoms with Crippen molar-refractivity contribution >= 4 is 6.21 Å². The quantitative estimate of drug-likeness (QED) is 0.446. The predicted octanol–water partition coefficient (Wildman–Crippen LogP) is 0.798. The van der Waals surface area contributed by atoms with Crippen LogP contribution in [0.25, 0.3) is 0 Å². The Balaban J connectivity index is 2.87. The summed E-state index contributed by atoms with van der Waals surface area (Å²) in [4.78, 5) is 7.79. The lowest BCUT2D eigenvalue weighted by atomic mass is 10.3. The van der Waals surface area contributed by atoms with Gasteiger partial charge >= 0.3 is 0 Å². The first kappa shape index (κ1) is 10.7. The van der Waals surface area contributed by atoms with E-state index in [9.17, 15) is 0 Å². The molecule has 5 heteroatoms. The molecule has 0 unspecified atom stereocenters. The van der Waals surface area contributed by atoms with E-state index in [2.05, 4.69) is 9.98 Å². The van der Waals surface area contributed by atoms with Crippen LogP contribution in [0.1, 0.15) is 5.56 Å². The lowest BCUT2D eigenvalue weighted by Gasteiger charge is -1.97. The summed E-state index contributed by atoms with van der Waals surface area (Å²) in [6.45, 7) is 0. The van der Waals surface area contributed by atoms with Crippen LogP contribution in [0.2, 0.25) is 0 Å². The third-order valence-corrected chi connectivity index (χ3v) is 1.59. The maximum absolute atomic E-state index is 8.71. The molecule has 1 aromatic heterocycles. The van der Waals surface area contributed by atoms with Gasteiger partial charge in [0.05, 0.1) is 7.11 Å². The van der Waals surface area contributed by atoms with E-state index in [1.807, 2.05) is 12.1 Å². The molecule has 0 aliphatic rings. The topological polar surface area (TPSA) is 84.3 Å². The third kappa shape index (κ3) is 3.12. The van der Waals surface area contributed by atoms with Crippen molar-refractivity contribution in [1.82, 2.24) is 4.98 Å². The van der Waals surface area contributed by atoms with Gasteiger partial charge in [-0.25, -0.2) is 4.99 Å². The Morgan fingerprint density at radius 1 is 1.73 bits per heavy atom. The Kier molecular flexibility index (Phi) is 3.86. The van der Waals surface area contributed by atoms with Gasteiger partial charge in [0.25, 0.3) is 0 Å². The standard InChI is InChI=1S/C10H10N4O/c1-15-10(12)9(5-11)14-7-8-3-2-4-13-6-8/h2-4,6-7H,12H2,1H3/b10-9-,14-7?. The van der Waals surface area contributed by atoms with Crippen LogP contribution in [0.15, 0.2) is 41.1 Å². The summed E-state index contributed by atoms with van der Waals surface area (Å²) >= 11 is 0. The number of ether oxygens (including phenoxy) is 1.